The quantitative estimate of drug-likeness (QED) is 0.402. The van der Waals surface area contributed by atoms with Crippen LogP contribution in [0.2, 0.25) is 5.15 Å². The molecule has 10 heteroatoms. The Bertz CT molecular complexity index is 1530. The summed E-state index contributed by atoms with van der Waals surface area (Å²) in [5.74, 6) is -0.634. The Balaban J connectivity index is 1.60. The number of benzene rings is 1. The first-order valence-electron chi connectivity index (χ1n) is 11.1. The summed E-state index contributed by atoms with van der Waals surface area (Å²) in [5, 5.41) is 13.4. The molecule has 1 aromatic carbocycles. The highest BCUT2D eigenvalue weighted by molar-refractivity contribution is 6.29. The van der Waals surface area contributed by atoms with E-state index in [9.17, 15) is 14.7 Å². The monoisotopic (exact) mass is 490 g/mol. The smallest absolute Gasteiger partial charge is 0.356 e. The molecule has 1 atom stereocenters. The fourth-order valence-corrected chi connectivity index (χ4v) is 4.67. The standard InChI is InChI=1S/C25H23ClN6O3/c1-13-9-16(14(2)28-18-6-7-20(26)29-22(18)24(34)35)21-17(10-13)23(33)31(3)25(30-21)32-11-15-5-4-8-27-19(15)12-32/h4-10,14,28H,11-12H2,1-3H3,(H,34,35)/t14-/m1/s1. The number of anilines is 2. The average molecular weight is 491 g/mol. The van der Waals surface area contributed by atoms with Crippen molar-refractivity contribution in [1.29, 1.82) is 0 Å². The van der Waals surface area contributed by atoms with Crippen molar-refractivity contribution in [3.8, 4) is 0 Å². The van der Waals surface area contributed by atoms with Gasteiger partial charge in [-0.1, -0.05) is 23.7 Å². The summed E-state index contributed by atoms with van der Waals surface area (Å²) in [5.41, 5.74) is 4.33. The van der Waals surface area contributed by atoms with E-state index in [1.807, 2.05) is 43.0 Å². The Labute approximate surface area is 206 Å². The van der Waals surface area contributed by atoms with Gasteiger partial charge in [0.05, 0.1) is 34.9 Å². The molecule has 0 amide bonds. The molecule has 1 aliphatic heterocycles. The second-order valence-corrected chi connectivity index (χ2v) is 9.08. The van der Waals surface area contributed by atoms with Gasteiger partial charge in [0.25, 0.3) is 5.56 Å². The normalized spacial score (nSPS) is 13.7. The third kappa shape index (κ3) is 4.08. The van der Waals surface area contributed by atoms with Gasteiger partial charge in [-0.25, -0.2) is 14.8 Å². The maximum Gasteiger partial charge on any atom is 0.356 e. The van der Waals surface area contributed by atoms with Crippen LogP contribution in [0.25, 0.3) is 10.9 Å². The molecule has 4 heterocycles. The lowest BCUT2D eigenvalue weighted by Gasteiger charge is -2.23. The molecule has 4 aromatic rings. The van der Waals surface area contributed by atoms with Gasteiger partial charge in [0.2, 0.25) is 5.95 Å². The first-order chi connectivity index (χ1) is 16.7. The molecule has 0 fully saturated rings. The van der Waals surface area contributed by atoms with Crippen molar-refractivity contribution < 1.29 is 9.90 Å². The van der Waals surface area contributed by atoms with E-state index in [1.54, 1.807) is 23.9 Å². The fourth-order valence-electron chi connectivity index (χ4n) is 4.52. The van der Waals surface area contributed by atoms with E-state index in [2.05, 4.69) is 15.3 Å². The number of fused-ring (bicyclic) bond motifs is 2. The maximum absolute atomic E-state index is 13.4. The summed E-state index contributed by atoms with van der Waals surface area (Å²) in [6.45, 7) is 4.99. The third-order valence-corrected chi connectivity index (χ3v) is 6.41. The molecule has 3 aromatic heterocycles. The van der Waals surface area contributed by atoms with Crippen molar-refractivity contribution in [2.75, 3.05) is 10.2 Å². The Morgan fingerprint density at radius 2 is 2.00 bits per heavy atom. The molecule has 0 spiro atoms. The molecule has 5 rings (SSSR count). The highest BCUT2D eigenvalue weighted by Crippen LogP contribution is 2.31. The van der Waals surface area contributed by atoms with Crippen molar-refractivity contribution in [2.24, 2.45) is 7.05 Å². The van der Waals surface area contributed by atoms with Crippen LogP contribution in [-0.2, 0) is 20.1 Å². The number of hydrogen-bond acceptors (Lipinski definition) is 7. The van der Waals surface area contributed by atoms with Crippen molar-refractivity contribution in [1.82, 2.24) is 19.5 Å². The van der Waals surface area contributed by atoms with E-state index >= 15 is 0 Å². The second kappa shape index (κ2) is 8.66. The van der Waals surface area contributed by atoms with E-state index < -0.39 is 5.97 Å². The van der Waals surface area contributed by atoms with Crippen molar-refractivity contribution in [2.45, 2.75) is 33.0 Å². The van der Waals surface area contributed by atoms with Crippen LogP contribution in [0.4, 0.5) is 11.6 Å². The van der Waals surface area contributed by atoms with Gasteiger partial charge >= 0.3 is 5.97 Å². The predicted molar refractivity (Wildman–Crippen MR) is 134 cm³/mol. The number of nitrogens with one attached hydrogen (secondary N) is 1. The van der Waals surface area contributed by atoms with E-state index in [4.69, 9.17) is 16.6 Å². The van der Waals surface area contributed by atoms with Crippen LogP contribution < -0.4 is 15.8 Å². The number of aromatic carboxylic acids is 1. The van der Waals surface area contributed by atoms with Crippen LogP contribution in [0, 0.1) is 6.92 Å². The molecule has 0 saturated carbocycles. The first-order valence-corrected chi connectivity index (χ1v) is 11.5. The third-order valence-electron chi connectivity index (χ3n) is 6.20. The fraction of sp³-hybridized carbons (Fsp3) is 0.240. The Hall–Kier alpha value is -3.98. The highest BCUT2D eigenvalue weighted by Gasteiger charge is 2.25. The van der Waals surface area contributed by atoms with Gasteiger partial charge in [-0.05, 0) is 49.2 Å². The summed E-state index contributed by atoms with van der Waals surface area (Å²) < 4.78 is 1.57. The van der Waals surface area contributed by atoms with Crippen LogP contribution in [-0.4, -0.2) is 30.6 Å². The molecule has 9 nitrogen and oxygen atoms in total. The minimum atomic E-state index is -1.19. The Morgan fingerprint density at radius 1 is 1.20 bits per heavy atom. The van der Waals surface area contributed by atoms with Gasteiger partial charge in [0.15, 0.2) is 5.69 Å². The van der Waals surface area contributed by atoms with Gasteiger partial charge in [0.1, 0.15) is 5.15 Å². The second-order valence-electron chi connectivity index (χ2n) is 8.69. The number of halogens is 1. The van der Waals surface area contributed by atoms with Crippen LogP contribution >= 0.6 is 11.6 Å². The van der Waals surface area contributed by atoms with Crippen LogP contribution in [0.1, 0.15) is 45.8 Å². The predicted octanol–water partition coefficient (Wildman–Crippen LogP) is 4.08. The number of aryl methyl sites for hydroxylation is 1. The van der Waals surface area contributed by atoms with Crippen molar-refractivity contribution >= 4 is 40.1 Å². The number of carboxylic acids is 1. The minimum absolute atomic E-state index is 0.0949. The number of pyridine rings is 2. The number of carbonyl (C=O) groups is 1. The molecular weight excluding hydrogens is 468 g/mol. The van der Waals surface area contributed by atoms with E-state index in [0.717, 1.165) is 22.4 Å². The molecule has 0 bridgehead atoms. The zero-order chi connectivity index (χ0) is 24.9. The Kier molecular flexibility index (Phi) is 5.64. The molecule has 0 aliphatic carbocycles. The van der Waals surface area contributed by atoms with E-state index in [1.165, 1.54) is 6.07 Å². The largest absolute Gasteiger partial charge is 0.476 e. The molecule has 178 valence electrons. The molecule has 0 unspecified atom stereocenters. The van der Waals surface area contributed by atoms with E-state index in [-0.39, 0.29) is 22.4 Å². The minimum Gasteiger partial charge on any atom is -0.476 e. The summed E-state index contributed by atoms with van der Waals surface area (Å²) >= 11 is 5.90. The maximum atomic E-state index is 13.4. The molecule has 1 aliphatic rings. The summed E-state index contributed by atoms with van der Waals surface area (Å²) in [7, 11) is 1.72. The van der Waals surface area contributed by atoms with Gasteiger partial charge in [-0.2, -0.15) is 0 Å². The molecule has 2 N–H and O–H groups in total. The van der Waals surface area contributed by atoms with Gasteiger partial charge in [0, 0.05) is 25.4 Å². The lowest BCUT2D eigenvalue weighted by Crippen LogP contribution is -2.28. The van der Waals surface area contributed by atoms with E-state index in [0.29, 0.717) is 35.6 Å². The summed E-state index contributed by atoms with van der Waals surface area (Å²) in [6, 6.07) is 10.5. The topological polar surface area (TPSA) is 113 Å². The lowest BCUT2D eigenvalue weighted by molar-refractivity contribution is 0.0691. The number of aromatic nitrogens is 4. The lowest BCUT2D eigenvalue weighted by atomic mass is 10.0. The van der Waals surface area contributed by atoms with Crippen molar-refractivity contribution in [3.05, 3.63) is 86.2 Å². The molecular formula is C25H23ClN6O3. The van der Waals surface area contributed by atoms with Crippen LogP contribution in [0.15, 0.2) is 47.4 Å². The Morgan fingerprint density at radius 3 is 2.74 bits per heavy atom. The number of rotatable bonds is 5. The average Bonchev–Trinajstić information content (AvgIpc) is 3.26. The van der Waals surface area contributed by atoms with Gasteiger partial charge < -0.3 is 15.3 Å². The number of nitrogens with zero attached hydrogens (tertiary/aromatic N) is 5. The van der Waals surface area contributed by atoms with Gasteiger partial charge in [-0.15, -0.1) is 0 Å². The number of carboxylic acid groups (broad SMARTS) is 1. The highest BCUT2D eigenvalue weighted by atomic mass is 35.5. The first kappa shape index (κ1) is 22.8. The zero-order valence-corrected chi connectivity index (χ0v) is 20.2. The summed E-state index contributed by atoms with van der Waals surface area (Å²) in [4.78, 5) is 40.5. The number of hydrogen-bond donors (Lipinski definition) is 2. The zero-order valence-electron chi connectivity index (χ0n) is 19.4. The molecule has 35 heavy (non-hydrogen) atoms. The van der Waals surface area contributed by atoms with Crippen LogP contribution in [0.3, 0.4) is 0 Å². The van der Waals surface area contributed by atoms with Gasteiger partial charge in [-0.3, -0.25) is 14.3 Å². The summed E-state index contributed by atoms with van der Waals surface area (Å²) in [6.07, 6.45) is 1.76. The molecule has 0 radical (unpaired) electrons. The molecule has 0 saturated heterocycles. The van der Waals surface area contributed by atoms with Crippen molar-refractivity contribution in [3.63, 3.8) is 0 Å². The SMILES string of the molecule is Cc1cc([C@@H](C)Nc2ccc(Cl)nc2C(=O)O)c2nc(N3Cc4cccnc4C3)n(C)c(=O)c2c1. The van der Waals surface area contributed by atoms with Crippen LogP contribution in [0.5, 0.6) is 0 Å².